The molecular formula is C19H12FN3O3S. The van der Waals surface area contributed by atoms with E-state index in [1.807, 2.05) is 0 Å². The summed E-state index contributed by atoms with van der Waals surface area (Å²) < 4.78 is 14.6. The molecule has 4 rings (SSSR count). The molecule has 1 aliphatic heterocycles. The van der Waals surface area contributed by atoms with Gasteiger partial charge in [-0.3, -0.25) is 14.5 Å². The summed E-state index contributed by atoms with van der Waals surface area (Å²) >= 11 is 1.05. The van der Waals surface area contributed by atoms with Gasteiger partial charge in [0.15, 0.2) is 11.5 Å². The molecule has 0 spiro atoms. The summed E-state index contributed by atoms with van der Waals surface area (Å²) in [5, 5.41) is 18.2. The van der Waals surface area contributed by atoms with Crippen molar-refractivity contribution in [3.63, 3.8) is 0 Å². The van der Waals surface area contributed by atoms with Crippen LogP contribution in [0.3, 0.4) is 0 Å². The maximum Gasteiger partial charge on any atom is 0.296 e. The number of benzene rings is 2. The molecule has 1 atom stereocenters. The number of aromatic nitrogens is 2. The summed E-state index contributed by atoms with van der Waals surface area (Å²) in [5.74, 6) is -2.69. The average Bonchev–Trinajstić information content (AvgIpc) is 3.30. The van der Waals surface area contributed by atoms with Gasteiger partial charge in [0.25, 0.3) is 5.91 Å². The number of ketones is 1. The van der Waals surface area contributed by atoms with Crippen LogP contribution in [-0.2, 0) is 4.79 Å². The van der Waals surface area contributed by atoms with E-state index in [4.69, 9.17) is 0 Å². The monoisotopic (exact) mass is 381 g/mol. The minimum Gasteiger partial charge on any atom is -0.503 e. The summed E-state index contributed by atoms with van der Waals surface area (Å²) in [7, 11) is 0. The fourth-order valence-electron chi connectivity index (χ4n) is 3.04. The second-order valence-corrected chi connectivity index (χ2v) is 6.59. The first kappa shape index (κ1) is 17.0. The molecule has 0 bridgehead atoms. The van der Waals surface area contributed by atoms with Crippen molar-refractivity contribution in [3.05, 3.63) is 88.4 Å². The number of carbonyl (C=O) groups excluding carboxylic acids is 2. The van der Waals surface area contributed by atoms with Crippen molar-refractivity contribution in [1.82, 2.24) is 10.2 Å². The van der Waals surface area contributed by atoms with Crippen molar-refractivity contribution in [3.8, 4) is 0 Å². The average molecular weight is 381 g/mol. The van der Waals surface area contributed by atoms with Gasteiger partial charge < -0.3 is 5.11 Å². The summed E-state index contributed by atoms with van der Waals surface area (Å²) in [4.78, 5) is 26.9. The van der Waals surface area contributed by atoms with Crippen molar-refractivity contribution in [2.75, 3.05) is 4.90 Å². The van der Waals surface area contributed by atoms with E-state index < -0.39 is 29.3 Å². The van der Waals surface area contributed by atoms with E-state index in [9.17, 15) is 19.1 Å². The molecule has 0 saturated carbocycles. The van der Waals surface area contributed by atoms with Gasteiger partial charge in [-0.2, -0.15) is 0 Å². The number of rotatable bonds is 4. The van der Waals surface area contributed by atoms with Crippen LogP contribution < -0.4 is 4.90 Å². The zero-order valence-corrected chi connectivity index (χ0v) is 14.6. The molecule has 2 aromatic carbocycles. The number of hydrogen-bond acceptors (Lipinski definition) is 6. The Kier molecular flexibility index (Phi) is 4.25. The van der Waals surface area contributed by atoms with Crippen LogP contribution in [-0.4, -0.2) is 27.0 Å². The minimum absolute atomic E-state index is 0.0874. The van der Waals surface area contributed by atoms with Crippen molar-refractivity contribution in [2.24, 2.45) is 0 Å². The fourth-order valence-corrected chi connectivity index (χ4v) is 3.63. The minimum atomic E-state index is -1.14. The SMILES string of the molecule is O=C(C1=C(O)C(=O)N(c2nncs2)C1c1ccccc1F)c1ccccc1. The highest BCUT2D eigenvalue weighted by Gasteiger charge is 2.46. The third-order valence-corrected chi connectivity index (χ3v) is 4.93. The Labute approximate surface area is 157 Å². The lowest BCUT2D eigenvalue weighted by atomic mass is 9.92. The predicted molar refractivity (Wildman–Crippen MR) is 97.0 cm³/mol. The van der Waals surface area contributed by atoms with E-state index >= 15 is 0 Å². The number of amides is 1. The van der Waals surface area contributed by atoms with E-state index in [1.165, 1.54) is 23.7 Å². The third-order valence-electron chi connectivity index (χ3n) is 4.24. The van der Waals surface area contributed by atoms with Crippen LogP contribution in [0.2, 0.25) is 0 Å². The molecule has 0 aliphatic carbocycles. The lowest BCUT2D eigenvalue weighted by Gasteiger charge is -2.24. The van der Waals surface area contributed by atoms with Crippen LogP contribution in [0.25, 0.3) is 0 Å². The topological polar surface area (TPSA) is 83.4 Å². The van der Waals surface area contributed by atoms with Gasteiger partial charge in [-0.05, 0) is 6.07 Å². The molecule has 0 fully saturated rings. The first-order chi connectivity index (χ1) is 13.1. The van der Waals surface area contributed by atoms with Crippen molar-refractivity contribution in [1.29, 1.82) is 0 Å². The number of nitrogens with zero attached hydrogens (tertiary/aromatic N) is 3. The van der Waals surface area contributed by atoms with Gasteiger partial charge >= 0.3 is 0 Å². The van der Waals surface area contributed by atoms with Gasteiger partial charge in [0.1, 0.15) is 17.4 Å². The zero-order chi connectivity index (χ0) is 19.0. The molecule has 1 aromatic heterocycles. The maximum absolute atomic E-state index is 14.6. The lowest BCUT2D eigenvalue weighted by molar-refractivity contribution is -0.117. The van der Waals surface area contributed by atoms with E-state index in [1.54, 1.807) is 36.4 Å². The second-order valence-electron chi connectivity index (χ2n) is 5.78. The Morgan fingerprint density at radius 3 is 2.48 bits per heavy atom. The highest BCUT2D eigenvalue weighted by Crippen LogP contribution is 2.42. The number of anilines is 1. The maximum atomic E-state index is 14.6. The van der Waals surface area contributed by atoms with Crippen LogP contribution in [0, 0.1) is 5.82 Å². The zero-order valence-electron chi connectivity index (χ0n) is 13.7. The molecule has 134 valence electrons. The van der Waals surface area contributed by atoms with Crippen molar-refractivity contribution in [2.45, 2.75) is 6.04 Å². The van der Waals surface area contributed by atoms with E-state index in [-0.39, 0.29) is 21.8 Å². The van der Waals surface area contributed by atoms with Crippen LogP contribution >= 0.6 is 11.3 Å². The Morgan fingerprint density at radius 1 is 1.11 bits per heavy atom. The summed E-state index contributed by atoms with van der Waals surface area (Å²) in [5.41, 5.74) is 1.60. The molecule has 2 heterocycles. The van der Waals surface area contributed by atoms with Crippen LogP contribution in [0.5, 0.6) is 0 Å². The molecule has 1 amide bonds. The Bertz CT molecular complexity index is 1050. The van der Waals surface area contributed by atoms with Gasteiger partial charge in [-0.1, -0.05) is 59.9 Å². The van der Waals surface area contributed by atoms with Gasteiger partial charge in [0.2, 0.25) is 5.13 Å². The Morgan fingerprint density at radius 2 is 1.81 bits per heavy atom. The predicted octanol–water partition coefficient (Wildman–Crippen LogP) is 3.46. The number of halogens is 1. The molecule has 8 heteroatoms. The molecule has 6 nitrogen and oxygen atoms in total. The molecule has 1 aliphatic rings. The third kappa shape index (κ3) is 2.80. The molecular weight excluding hydrogens is 369 g/mol. The van der Waals surface area contributed by atoms with Gasteiger partial charge in [0.05, 0.1) is 5.57 Å². The lowest BCUT2D eigenvalue weighted by Crippen LogP contribution is -2.31. The van der Waals surface area contributed by atoms with Crippen LogP contribution in [0.4, 0.5) is 9.52 Å². The highest BCUT2D eigenvalue weighted by molar-refractivity contribution is 7.13. The first-order valence-electron chi connectivity index (χ1n) is 7.96. The molecule has 0 radical (unpaired) electrons. The molecule has 0 saturated heterocycles. The van der Waals surface area contributed by atoms with Crippen LogP contribution in [0.15, 0.2) is 71.4 Å². The summed E-state index contributed by atoms with van der Waals surface area (Å²) in [6.45, 7) is 0. The van der Waals surface area contributed by atoms with E-state index in [0.29, 0.717) is 0 Å². The van der Waals surface area contributed by atoms with Crippen molar-refractivity contribution < 1.29 is 19.1 Å². The number of aliphatic hydroxyl groups is 1. The number of aliphatic hydroxyl groups excluding tert-OH is 1. The number of Topliss-reactive ketones (excluding diaryl/α,β-unsaturated/α-hetero) is 1. The molecule has 3 aromatic rings. The molecule has 1 unspecified atom stereocenters. The fraction of sp³-hybridized carbons (Fsp3) is 0.0526. The number of hydrogen-bond donors (Lipinski definition) is 1. The Hall–Kier alpha value is -3.39. The molecule has 27 heavy (non-hydrogen) atoms. The normalized spacial score (nSPS) is 16.9. The van der Waals surface area contributed by atoms with E-state index in [2.05, 4.69) is 10.2 Å². The molecule has 1 N–H and O–H groups in total. The second kappa shape index (κ2) is 6.73. The largest absolute Gasteiger partial charge is 0.503 e. The van der Waals surface area contributed by atoms with E-state index in [0.717, 1.165) is 16.2 Å². The van der Waals surface area contributed by atoms with Gasteiger partial charge in [-0.25, -0.2) is 4.39 Å². The smallest absolute Gasteiger partial charge is 0.296 e. The highest BCUT2D eigenvalue weighted by atomic mass is 32.1. The van der Waals surface area contributed by atoms with Gasteiger partial charge in [-0.15, -0.1) is 10.2 Å². The van der Waals surface area contributed by atoms with Gasteiger partial charge in [0, 0.05) is 11.1 Å². The van der Waals surface area contributed by atoms with Crippen LogP contribution in [0.1, 0.15) is 22.0 Å². The van der Waals surface area contributed by atoms with Crippen molar-refractivity contribution >= 4 is 28.2 Å². The summed E-state index contributed by atoms with van der Waals surface area (Å²) in [6.07, 6.45) is 0. The quantitative estimate of drug-likeness (QED) is 0.700. The Balaban J connectivity index is 1.91. The number of carbonyl (C=O) groups is 2. The first-order valence-corrected chi connectivity index (χ1v) is 8.84. The summed E-state index contributed by atoms with van der Waals surface area (Å²) in [6, 6.07) is 12.9. The standard InChI is InChI=1S/C19H12FN3O3S/c20-13-9-5-4-8-12(13)15-14(16(24)11-6-2-1-3-7-11)17(25)18(26)23(15)19-22-21-10-27-19/h1-10,15,25H.